The highest BCUT2D eigenvalue weighted by atomic mass is 16.4. The van der Waals surface area contributed by atoms with Crippen molar-refractivity contribution < 1.29 is 9.90 Å². The Labute approximate surface area is 127 Å². The molecule has 2 rings (SSSR count). The molecule has 3 heteroatoms. The van der Waals surface area contributed by atoms with Crippen LogP contribution in [0.4, 0.5) is 0 Å². The van der Waals surface area contributed by atoms with Gasteiger partial charge in [-0.2, -0.15) is 0 Å². The SMILES string of the molecule is Cc1ccccc1C(NC1CCC(C(=O)O)CC1)C(C)C. The highest BCUT2D eigenvalue weighted by Gasteiger charge is 2.28. The summed E-state index contributed by atoms with van der Waals surface area (Å²) in [5.74, 6) is -0.255. The van der Waals surface area contributed by atoms with E-state index >= 15 is 0 Å². The monoisotopic (exact) mass is 289 g/mol. The fraction of sp³-hybridized carbons (Fsp3) is 0.611. The van der Waals surface area contributed by atoms with Gasteiger partial charge in [-0.15, -0.1) is 0 Å². The van der Waals surface area contributed by atoms with E-state index in [2.05, 4.69) is 50.4 Å². The van der Waals surface area contributed by atoms with Crippen LogP contribution < -0.4 is 5.32 Å². The first-order valence-electron chi connectivity index (χ1n) is 8.03. The molecular weight excluding hydrogens is 262 g/mol. The van der Waals surface area contributed by atoms with E-state index in [1.165, 1.54) is 11.1 Å². The Hall–Kier alpha value is -1.35. The fourth-order valence-electron chi connectivity index (χ4n) is 3.34. The minimum absolute atomic E-state index is 0.140. The number of hydrogen-bond donors (Lipinski definition) is 2. The summed E-state index contributed by atoms with van der Waals surface area (Å²) in [4.78, 5) is 11.0. The maximum absolute atomic E-state index is 11.0. The van der Waals surface area contributed by atoms with Gasteiger partial charge in [0.25, 0.3) is 0 Å². The van der Waals surface area contributed by atoms with Gasteiger partial charge in [-0.05, 0) is 49.7 Å². The van der Waals surface area contributed by atoms with Crippen molar-refractivity contribution in [3.8, 4) is 0 Å². The van der Waals surface area contributed by atoms with Gasteiger partial charge < -0.3 is 10.4 Å². The third-order valence-corrected chi connectivity index (χ3v) is 4.68. The molecule has 21 heavy (non-hydrogen) atoms. The molecule has 1 unspecified atom stereocenters. The molecule has 2 N–H and O–H groups in total. The maximum atomic E-state index is 11.0. The van der Waals surface area contributed by atoms with E-state index in [1.54, 1.807) is 0 Å². The minimum atomic E-state index is -0.632. The molecule has 1 aliphatic rings. The largest absolute Gasteiger partial charge is 0.481 e. The van der Waals surface area contributed by atoms with E-state index in [9.17, 15) is 4.79 Å². The highest BCUT2D eigenvalue weighted by Crippen LogP contribution is 2.30. The topological polar surface area (TPSA) is 49.3 Å². The summed E-state index contributed by atoms with van der Waals surface area (Å²) in [6, 6.07) is 9.32. The Morgan fingerprint density at radius 3 is 2.33 bits per heavy atom. The zero-order valence-corrected chi connectivity index (χ0v) is 13.3. The molecular formula is C18H27NO2. The molecule has 0 heterocycles. The zero-order chi connectivity index (χ0) is 15.4. The van der Waals surface area contributed by atoms with Gasteiger partial charge in [-0.1, -0.05) is 38.1 Å². The van der Waals surface area contributed by atoms with Crippen LogP contribution in [0, 0.1) is 18.8 Å². The number of aryl methyl sites for hydroxylation is 1. The predicted octanol–water partition coefficient (Wildman–Crippen LogP) is 3.93. The van der Waals surface area contributed by atoms with Gasteiger partial charge in [0, 0.05) is 12.1 Å². The van der Waals surface area contributed by atoms with Crippen LogP contribution in [-0.2, 0) is 4.79 Å². The lowest BCUT2D eigenvalue weighted by Crippen LogP contribution is -2.39. The Bertz CT molecular complexity index is 476. The van der Waals surface area contributed by atoms with Crippen molar-refractivity contribution >= 4 is 5.97 Å². The van der Waals surface area contributed by atoms with Crippen LogP contribution in [0.25, 0.3) is 0 Å². The second-order valence-electron chi connectivity index (χ2n) is 6.63. The molecule has 1 atom stereocenters. The summed E-state index contributed by atoms with van der Waals surface area (Å²) in [7, 11) is 0. The van der Waals surface area contributed by atoms with Crippen LogP contribution in [-0.4, -0.2) is 17.1 Å². The van der Waals surface area contributed by atoms with Crippen molar-refractivity contribution in [2.75, 3.05) is 0 Å². The molecule has 0 saturated heterocycles. The van der Waals surface area contributed by atoms with Crippen LogP contribution >= 0.6 is 0 Å². The maximum Gasteiger partial charge on any atom is 0.306 e. The Balaban J connectivity index is 2.02. The van der Waals surface area contributed by atoms with Crippen LogP contribution in [0.5, 0.6) is 0 Å². The second kappa shape index (κ2) is 7.08. The fourth-order valence-corrected chi connectivity index (χ4v) is 3.34. The first-order valence-corrected chi connectivity index (χ1v) is 8.03. The molecule has 0 bridgehead atoms. The van der Waals surface area contributed by atoms with Crippen molar-refractivity contribution in [1.82, 2.24) is 5.32 Å². The molecule has 0 aromatic heterocycles. The van der Waals surface area contributed by atoms with Crippen LogP contribution in [0.15, 0.2) is 24.3 Å². The number of carbonyl (C=O) groups is 1. The first kappa shape index (κ1) is 16.0. The number of carboxylic acid groups (broad SMARTS) is 1. The molecule has 1 saturated carbocycles. The number of aliphatic carboxylic acids is 1. The number of carboxylic acids is 1. The molecule has 0 radical (unpaired) electrons. The molecule has 1 aromatic carbocycles. The van der Waals surface area contributed by atoms with Crippen molar-refractivity contribution in [3.05, 3.63) is 35.4 Å². The third-order valence-electron chi connectivity index (χ3n) is 4.68. The molecule has 116 valence electrons. The van der Waals surface area contributed by atoms with E-state index in [0.29, 0.717) is 18.0 Å². The summed E-state index contributed by atoms with van der Waals surface area (Å²) in [6.45, 7) is 6.65. The quantitative estimate of drug-likeness (QED) is 0.863. The van der Waals surface area contributed by atoms with Crippen molar-refractivity contribution in [2.45, 2.75) is 58.5 Å². The zero-order valence-electron chi connectivity index (χ0n) is 13.3. The standard InChI is InChI=1S/C18H27NO2/c1-12(2)17(16-7-5-4-6-13(16)3)19-15-10-8-14(9-11-15)18(20)21/h4-7,12,14-15,17,19H,8-11H2,1-3H3,(H,20,21). The second-order valence-corrected chi connectivity index (χ2v) is 6.63. The lowest BCUT2D eigenvalue weighted by Gasteiger charge is -2.33. The third kappa shape index (κ3) is 4.07. The van der Waals surface area contributed by atoms with E-state index < -0.39 is 5.97 Å². The number of rotatable bonds is 5. The van der Waals surface area contributed by atoms with E-state index in [1.807, 2.05) is 0 Å². The molecule has 0 aliphatic heterocycles. The number of benzene rings is 1. The molecule has 0 spiro atoms. The normalized spacial score (nSPS) is 24.0. The number of nitrogens with one attached hydrogen (secondary N) is 1. The van der Waals surface area contributed by atoms with Gasteiger partial charge in [-0.25, -0.2) is 0 Å². The van der Waals surface area contributed by atoms with Gasteiger partial charge in [0.2, 0.25) is 0 Å². The van der Waals surface area contributed by atoms with Gasteiger partial charge in [-0.3, -0.25) is 4.79 Å². The molecule has 1 aromatic rings. The Morgan fingerprint density at radius 2 is 1.81 bits per heavy atom. The van der Waals surface area contributed by atoms with E-state index in [4.69, 9.17) is 5.11 Å². The van der Waals surface area contributed by atoms with Crippen molar-refractivity contribution in [2.24, 2.45) is 11.8 Å². The molecule has 3 nitrogen and oxygen atoms in total. The average Bonchev–Trinajstić information content (AvgIpc) is 2.46. The number of hydrogen-bond acceptors (Lipinski definition) is 2. The summed E-state index contributed by atoms with van der Waals surface area (Å²) in [5, 5.41) is 12.9. The van der Waals surface area contributed by atoms with Crippen LogP contribution in [0.3, 0.4) is 0 Å². The van der Waals surface area contributed by atoms with Gasteiger partial charge >= 0.3 is 5.97 Å². The van der Waals surface area contributed by atoms with Crippen LogP contribution in [0.2, 0.25) is 0 Å². The first-order chi connectivity index (χ1) is 9.99. The molecule has 1 fully saturated rings. The predicted molar refractivity (Wildman–Crippen MR) is 85.3 cm³/mol. The molecule has 1 aliphatic carbocycles. The smallest absolute Gasteiger partial charge is 0.306 e. The summed E-state index contributed by atoms with van der Waals surface area (Å²) < 4.78 is 0. The lowest BCUT2D eigenvalue weighted by atomic mass is 9.84. The lowest BCUT2D eigenvalue weighted by molar-refractivity contribution is -0.142. The summed E-state index contributed by atoms with van der Waals surface area (Å²) in [6.07, 6.45) is 3.52. The Kier molecular flexibility index (Phi) is 5.40. The van der Waals surface area contributed by atoms with Gasteiger partial charge in [0.05, 0.1) is 5.92 Å². The summed E-state index contributed by atoms with van der Waals surface area (Å²) in [5.41, 5.74) is 2.69. The highest BCUT2D eigenvalue weighted by molar-refractivity contribution is 5.70. The Morgan fingerprint density at radius 1 is 1.19 bits per heavy atom. The van der Waals surface area contributed by atoms with E-state index in [0.717, 1.165) is 25.7 Å². The van der Waals surface area contributed by atoms with Crippen LogP contribution in [0.1, 0.15) is 56.7 Å². The minimum Gasteiger partial charge on any atom is -0.481 e. The van der Waals surface area contributed by atoms with Crippen molar-refractivity contribution in [3.63, 3.8) is 0 Å². The summed E-state index contributed by atoms with van der Waals surface area (Å²) >= 11 is 0. The van der Waals surface area contributed by atoms with Gasteiger partial charge in [0.15, 0.2) is 0 Å². The van der Waals surface area contributed by atoms with Gasteiger partial charge in [0.1, 0.15) is 0 Å². The van der Waals surface area contributed by atoms with E-state index in [-0.39, 0.29) is 5.92 Å². The van der Waals surface area contributed by atoms with Crippen molar-refractivity contribution in [1.29, 1.82) is 0 Å². The average molecular weight is 289 g/mol. The molecule has 0 amide bonds.